The van der Waals surface area contributed by atoms with Crippen molar-refractivity contribution in [3.63, 3.8) is 0 Å². The van der Waals surface area contributed by atoms with Crippen LogP contribution in [0.5, 0.6) is 0 Å². The van der Waals surface area contributed by atoms with E-state index in [0.717, 1.165) is 22.6 Å². The summed E-state index contributed by atoms with van der Waals surface area (Å²) in [6.45, 7) is 5.96. The van der Waals surface area contributed by atoms with Crippen LogP contribution in [0.2, 0.25) is 0 Å². The van der Waals surface area contributed by atoms with Gasteiger partial charge in [-0.3, -0.25) is 0 Å². The van der Waals surface area contributed by atoms with Crippen LogP contribution in [0.1, 0.15) is 27.2 Å². The fraction of sp³-hybridized carbons (Fsp3) is 0.417. The Bertz CT molecular complexity index is 347. The summed E-state index contributed by atoms with van der Waals surface area (Å²) in [5.41, 5.74) is 0.558. The van der Waals surface area contributed by atoms with Crippen molar-refractivity contribution in [3.05, 3.63) is 23.5 Å². The van der Waals surface area contributed by atoms with Crippen molar-refractivity contribution in [2.45, 2.75) is 32.8 Å². The maximum atomic E-state index is 5.72. The lowest BCUT2D eigenvalue weighted by Crippen LogP contribution is -2.20. The van der Waals surface area contributed by atoms with Crippen LogP contribution in [0.25, 0.3) is 0 Å². The lowest BCUT2D eigenvalue weighted by molar-refractivity contribution is 0.0584. The maximum Gasteiger partial charge on any atom is 0.136 e. The van der Waals surface area contributed by atoms with Crippen molar-refractivity contribution in [2.24, 2.45) is 0 Å². The molecule has 0 heterocycles. The van der Waals surface area contributed by atoms with Crippen molar-refractivity contribution in [1.29, 1.82) is 0 Å². The number of thiocarbonyl (C=S) groups is 1. The number of ether oxygens (including phenoxy) is 1. The molecule has 0 bridgehead atoms. The van der Waals surface area contributed by atoms with Gasteiger partial charge in [-0.1, -0.05) is 24.2 Å². The van der Waals surface area contributed by atoms with E-state index in [2.05, 4.69) is 5.92 Å². The summed E-state index contributed by atoms with van der Waals surface area (Å²) in [4.78, 5) is 0.864. The SMILES string of the molecule is C#CC1=CCC(=S)C=C1OC(C)(C)C. The summed E-state index contributed by atoms with van der Waals surface area (Å²) in [5, 5.41) is 0. The molecule has 0 aliphatic heterocycles. The average molecular weight is 206 g/mol. The predicted molar refractivity (Wildman–Crippen MR) is 63.1 cm³/mol. The number of terminal acetylenes is 1. The highest BCUT2D eigenvalue weighted by atomic mass is 32.1. The second-order valence-corrected chi connectivity index (χ2v) is 4.68. The molecule has 2 heteroatoms. The van der Waals surface area contributed by atoms with Crippen molar-refractivity contribution >= 4 is 17.1 Å². The maximum absolute atomic E-state index is 5.72. The molecule has 1 rings (SSSR count). The first kappa shape index (κ1) is 11.0. The van der Waals surface area contributed by atoms with Gasteiger partial charge in [-0.25, -0.2) is 0 Å². The normalized spacial score (nSPS) is 16.9. The monoisotopic (exact) mass is 206 g/mol. The highest BCUT2D eigenvalue weighted by Crippen LogP contribution is 2.23. The number of hydrogen-bond acceptors (Lipinski definition) is 2. The van der Waals surface area contributed by atoms with Gasteiger partial charge in [0, 0.05) is 11.3 Å². The molecular formula is C12H14OS. The molecule has 1 nitrogen and oxygen atoms in total. The van der Waals surface area contributed by atoms with Gasteiger partial charge in [0.15, 0.2) is 0 Å². The molecule has 14 heavy (non-hydrogen) atoms. The van der Waals surface area contributed by atoms with Crippen LogP contribution in [0, 0.1) is 12.3 Å². The van der Waals surface area contributed by atoms with Crippen molar-refractivity contribution in [1.82, 2.24) is 0 Å². The smallest absolute Gasteiger partial charge is 0.136 e. The minimum Gasteiger partial charge on any atom is -0.487 e. The third-order valence-corrected chi connectivity index (χ3v) is 1.92. The minimum atomic E-state index is -0.241. The molecule has 0 amide bonds. The molecule has 74 valence electrons. The Morgan fingerprint density at radius 3 is 2.64 bits per heavy atom. The fourth-order valence-electron chi connectivity index (χ4n) is 1.13. The Labute approximate surface area is 90.8 Å². The van der Waals surface area contributed by atoms with E-state index in [1.807, 2.05) is 32.9 Å². The van der Waals surface area contributed by atoms with Crippen LogP contribution in [-0.2, 0) is 4.74 Å². The Morgan fingerprint density at radius 1 is 1.50 bits per heavy atom. The Balaban J connectivity index is 2.90. The highest BCUT2D eigenvalue weighted by molar-refractivity contribution is 7.80. The quantitative estimate of drug-likeness (QED) is 0.482. The van der Waals surface area contributed by atoms with Crippen molar-refractivity contribution < 1.29 is 4.74 Å². The van der Waals surface area contributed by atoms with Crippen LogP contribution in [0.4, 0.5) is 0 Å². The van der Waals surface area contributed by atoms with Crippen LogP contribution in [0.3, 0.4) is 0 Å². The van der Waals surface area contributed by atoms with Gasteiger partial charge >= 0.3 is 0 Å². The van der Waals surface area contributed by atoms with E-state index in [0.29, 0.717) is 0 Å². The fourth-order valence-corrected chi connectivity index (χ4v) is 1.32. The summed E-state index contributed by atoms with van der Waals surface area (Å²) in [5.74, 6) is 3.32. The molecule has 0 unspecified atom stereocenters. The zero-order valence-corrected chi connectivity index (χ0v) is 9.57. The molecule has 1 aliphatic rings. The summed E-state index contributed by atoms with van der Waals surface area (Å²) in [7, 11) is 0. The van der Waals surface area contributed by atoms with Gasteiger partial charge in [0.25, 0.3) is 0 Å². The zero-order valence-electron chi connectivity index (χ0n) is 8.76. The topological polar surface area (TPSA) is 9.23 Å². The zero-order chi connectivity index (χ0) is 10.8. The molecule has 0 aromatic rings. The van der Waals surface area contributed by atoms with E-state index >= 15 is 0 Å². The third-order valence-electron chi connectivity index (χ3n) is 1.64. The number of rotatable bonds is 1. The van der Waals surface area contributed by atoms with Gasteiger partial charge in [-0.05, 0) is 26.8 Å². The number of allylic oxidation sites excluding steroid dienone is 3. The second-order valence-electron chi connectivity index (χ2n) is 4.16. The van der Waals surface area contributed by atoms with E-state index in [-0.39, 0.29) is 5.60 Å². The molecule has 0 N–H and O–H groups in total. The van der Waals surface area contributed by atoms with Crippen LogP contribution >= 0.6 is 12.2 Å². The van der Waals surface area contributed by atoms with E-state index in [1.54, 1.807) is 0 Å². The summed E-state index contributed by atoms with van der Waals surface area (Å²) in [6, 6.07) is 0. The van der Waals surface area contributed by atoms with Gasteiger partial charge in [-0.15, -0.1) is 6.42 Å². The van der Waals surface area contributed by atoms with E-state index in [9.17, 15) is 0 Å². The van der Waals surface area contributed by atoms with Gasteiger partial charge in [0.1, 0.15) is 11.4 Å². The first-order valence-corrected chi connectivity index (χ1v) is 4.94. The molecule has 0 radical (unpaired) electrons. The molecule has 1 aliphatic carbocycles. The van der Waals surface area contributed by atoms with E-state index in [4.69, 9.17) is 23.4 Å². The molecular weight excluding hydrogens is 192 g/mol. The standard InChI is InChI=1S/C12H14OS/c1-5-9-6-7-10(14)8-11(9)13-12(2,3)4/h1,6,8H,7H2,2-4H3. The van der Waals surface area contributed by atoms with Gasteiger partial charge in [-0.2, -0.15) is 0 Å². The van der Waals surface area contributed by atoms with Crippen LogP contribution in [0.15, 0.2) is 23.5 Å². The lowest BCUT2D eigenvalue weighted by atomic mass is 10.0. The molecule has 0 fully saturated rings. The van der Waals surface area contributed by atoms with Gasteiger partial charge in [0.2, 0.25) is 0 Å². The van der Waals surface area contributed by atoms with Crippen molar-refractivity contribution in [2.75, 3.05) is 0 Å². The second kappa shape index (κ2) is 3.98. The van der Waals surface area contributed by atoms with Gasteiger partial charge in [0.05, 0.1) is 5.57 Å². The lowest BCUT2D eigenvalue weighted by Gasteiger charge is -2.25. The Morgan fingerprint density at radius 2 is 2.14 bits per heavy atom. The van der Waals surface area contributed by atoms with Gasteiger partial charge < -0.3 is 4.74 Å². The van der Waals surface area contributed by atoms with Crippen molar-refractivity contribution in [3.8, 4) is 12.3 Å². The number of hydrogen-bond donors (Lipinski definition) is 0. The minimum absolute atomic E-state index is 0.241. The van der Waals surface area contributed by atoms with E-state index < -0.39 is 0 Å². The predicted octanol–water partition coefficient (Wildman–Crippen LogP) is 3.02. The Hall–Kier alpha value is -1.07. The average Bonchev–Trinajstić information content (AvgIpc) is 2.01. The summed E-state index contributed by atoms with van der Waals surface area (Å²) < 4.78 is 5.72. The van der Waals surface area contributed by atoms with E-state index in [1.165, 1.54) is 0 Å². The molecule has 0 saturated heterocycles. The summed E-state index contributed by atoms with van der Waals surface area (Å²) >= 11 is 5.10. The first-order valence-electron chi connectivity index (χ1n) is 4.53. The van der Waals surface area contributed by atoms with Crippen LogP contribution in [-0.4, -0.2) is 10.5 Å². The molecule has 0 atom stereocenters. The Kier molecular flexibility index (Phi) is 3.13. The first-order chi connectivity index (χ1) is 6.42. The molecule has 0 aromatic heterocycles. The molecule has 0 spiro atoms. The molecule has 0 saturated carbocycles. The largest absolute Gasteiger partial charge is 0.487 e. The highest BCUT2D eigenvalue weighted by Gasteiger charge is 2.18. The molecule has 0 aromatic carbocycles. The van der Waals surface area contributed by atoms with Crippen LogP contribution < -0.4 is 0 Å². The third kappa shape index (κ3) is 3.01. The summed E-state index contributed by atoms with van der Waals surface area (Å²) in [6.07, 6.45) is 9.89.